The van der Waals surface area contributed by atoms with Gasteiger partial charge in [0.05, 0.1) is 0 Å². The standard InChI is InChI=1S/C13H21NS/c1-12-6-9-14(10-7-12)8-2-4-13-5-3-11-15-13/h3,5,11-12H,2,4,6-10H2,1H3. The van der Waals surface area contributed by atoms with Crippen molar-refractivity contribution in [1.82, 2.24) is 4.90 Å². The van der Waals surface area contributed by atoms with Crippen LogP contribution in [0.4, 0.5) is 0 Å². The van der Waals surface area contributed by atoms with Crippen molar-refractivity contribution < 1.29 is 0 Å². The summed E-state index contributed by atoms with van der Waals surface area (Å²) in [4.78, 5) is 4.17. The smallest absolute Gasteiger partial charge is 0.00457 e. The molecule has 0 aliphatic carbocycles. The first kappa shape index (κ1) is 11.2. The van der Waals surface area contributed by atoms with E-state index in [1.54, 1.807) is 4.88 Å². The van der Waals surface area contributed by atoms with Gasteiger partial charge in [-0.2, -0.15) is 0 Å². The number of hydrogen-bond donors (Lipinski definition) is 0. The molecule has 0 radical (unpaired) electrons. The van der Waals surface area contributed by atoms with E-state index in [0.717, 1.165) is 5.92 Å². The molecule has 0 unspecified atom stereocenters. The number of piperidine rings is 1. The maximum atomic E-state index is 2.63. The van der Waals surface area contributed by atoms with Crippen molar-refractivity contribution in [3.05, 3.63) is 22.4 Å². The quantitative estimate of drug-likeness (QED) is 0.756. The van der Waals surface area contributed by atoms with Crippen molar-refractivity contribution >= 4 is 11.3 Å². The number of aryl methyl sites for hydroxylation is 1. The number of thiophene rings is 1. The summed E-state index contributed by atoms with van der Waals surface area (Å²) in [5.41, 5.74) is 0. The highest BCUT2D eigenvalue weighted by molar-refractivity contribution is 7.09. The molecular weight excluding hydrogens is 202 g/mol. The van der Waals surface area contributed by atoms with Crippen molar-refractivity contribution in [2.45, 2.75) is 32.6 Å². The van der Waals surface area contributed by atoms with E-state index >= 15 is 0 Å². The fraction of sp³-hybridized carbons (Fsp3) is 0.692. The predicted octanol–water partition coefficient (Wildman–Crippen LogP) is 3.41. The van der Waals surface area contributed by atoms with Crippen molar-refractivity contribution in [1.29, 1.82) is 0 Å². The molecule has 1 aromatic rings. The van der Waals surface area contributed by atoms with Gasteiger partial charge in [0.2, 0.25) is 0 Å². The Morgan fingerprint density at radius 2 is 2.20 bits per heavy atom. The molecule has 15 heavy (non-hydrogen) atoms. The van der Waals surface area contributed by atoms with Crippen molar-refractivity contribution in [3.8, 4) is 0 Å². The van der Waals surface area contributed by atoms with E-state index in [4.69, 9.17) is 0 Å². The molecule has 1 aliphatic rings. The number of rotatable bonds is 4. The number of likely N-dealkylation sites (tertiary alicyclic amines) is 1. The molecule has 0 amide bonds. The Balaban J connectivity index is 1.62. The zero-order valence-corrected chi connectivity index (χ0v) is 10.4. The van der Waals surface area contributed by atoms with E-state index in [2.05, 4.69) is 29.3 Å². The molecule has 2 rings (SSSR count). The average molecular weight is 223 g/mol. The topological polar surface area (TPSA) is 3.24 Å². The van der Waals surface area contributed by atoms with Crippen LogP contribution in [0, 0.1) is 5.92 Å². The van der Waals surface area contributed by atoms with Crippen molar-refractivity contribution in [3.63, 3.8) is 0 Å². The largest absolute Gasteiger partial charge is 0.303 e. The van der Waals surface area contributed by atoms with Crippen molar-refractivity contribution in [2.24, 2.45) is 5.92 Å². The lowest BCUT2D eigenvalue weighted by Crippen LogP contribution is -2.33. The molecule has 0 saturated carbocycles. The molecule has 1 aliphatic heterocycles. The maximum absolute atomic E-state index is 2.63. The van der Waals surface area contributed by atoms with Crippen LogP contribution in [0.1, 0.15) is 31.1 Å². The zero-order valence-electron chi connectivity index (χ0n) is 9.61. The van der Waals surface area contributed by atoms with E-state index in [9.17, 15) is 0 Å². The molecule has 1 nitrogen and oxygen atoms in total. The lowest BCUT2D eigenvalue weighted by molar-refractivity contribution is 0.191. The summed E-state index contributed by atoms with van der Waals surface area (Å²) >= 11 is 1.89. The third-order valence-corrected chi connectivity index (χ3v) is 4.29. The van der Waals surface area contributed by atoms with Crippen LogP contribution in [0.5, 0.6) is 0 Å². The summed E-state index contributed by atoms with van der Waals surface area (Å²) in [6, 6.07) is 4.41. The van der Waals surface area contributed by atoms with Gasteiger partial charge in [0.15, 0.2) is 0 Å². The number of hydrogen-bond acceptors (Lipinski definition) is 2. The molecule has 0 spiro atoms. The monoisotopic (exact) mass is 223 g/mol. The van der Waals surface area contributed by atoms with Gasteiger partial charge in [0.25, 0.3) is 0 Å². The zero-order chi connectivity index (χ0) is 10.5. The van der Waals surface area contributed by atoms with Gasteiger partial charge >= 0.3 is 0 Å². The molecule has 84 valence electrons. The second-order valence-corrected chi connectivity index (χ2v) is 5.74. The van der Waals surface area contributed by atoms with Crippen LogP contribution in [-0.4, -0.2) is 24.5 Å². The molecular formula is C13H21NS. The van der Waals surface area contributed by atoms with Gasteiger partial charge in [-0.15, -0.1) is 11.3 Å². The van der Waals surface area contributed by atoms with Crippen molar-refractivity contribution in [2.75, 3.05) is 19.6 Å². The van der Waals surface area contributed by atoms with E-state index in [1.165, 1.54) is 45.3 Å². The summed E-state index contributed by atoms with van der Waals surface area (Å²) in [6.45, 7) is 6.32. The summed E-state index contributed by atoms with van der Waals surface area (Å²) in [6.07, 6.45) is 5.40. The highest BCUT2D eigenvalue weighted by Gasteiger charge is 2.14. The second-order valence-electron chi connectivity index (χ2n) is 4.71. The minimum absolute atomic E-state index is 0.957. The van der Waals surface area contributed by atoms with Gasteiger partial charge in [0.1, 0.15) is 0 Å². The van der Waals surface area contributed by atoms with E-state index in [1.807, 2.05) is 11.3 Å². The Hall–Kier alpha value is -0.340. The first-order valence-electron chi connectivity index (χ1n) is 6.09. The predicted molar refractivity (Wildman–Crippen MR) is 67.5 cm³/mol. The van der Waals surface area contributed by atoms with Gasteiger partial charge in [-0.1, -0.05) is 13.0 Å². The Labute approximate surface area is 97.1 Å². The van der Waals surface area contributed by atoms with Gasteiger partial charge in [0, 0.05) is 4.88 Å². The lowest BCUT2D eigenvalue weighted by atomic mass is 9.99. The molecule has 0 aromatic carbocycles. The van der Waals surface area contributed by atoms with Crippen LogP contribution in [-0.2, 0) is 6.42 Å². The van der Waals surface area contributed by atoms with Gasteiger partial charge < -0.3 is 4.90 Å². The average Bonchev–Trinajstić information content (AvgIpc) is 2.74. The Morgan fingerprint density at radius 3 is 2.87 bits per heavy atom. The summed E-state index contributed by atoms with van der Waals surface area (Å²) in [5.74, 6) is 0.957. The molecule has 2 heteroatoms. The van der Waals surface area contributed by atoms with Crippen LogP contribution in [0.2, 0.25) is 0 Å². The Kier molecular flexibility index (Phi) is 4.21. The first-order valence-corrected chi connectivity index (χ1v) is 6.97. The third-order valence-electron chi connectivity index (χ3n) is 3.35. The van der Waals surface area contributed by atoms with Crippen LogP contribution >= 0.6 is 11.3 Å². The normalized spacial score (nSPS) is 19.5. The summed E-state index contributed by atoms with van der Waals surface area (Å²) in [5, 5.41) is 2.18. The fourth-order valence-electron chi connectivity index (χ4n) is 2.22. The molecule has 0 N–H and O–H groups in total. The van der Waals surface area contributed by atoms with E-state index < -0.39 is 0 Å². The Bertz CT molecular complexity index is 260. The Morgan fingerprint density at radius 1 is 1.40 bits per heavy atom. The minimum Gasteiger partial charge on any atom is -0.303 e. The summed E-state index contributed by atoms with van der Waals surface area (Å²) < 4.78 is 0. The van der Waals surface area contributed by atoms with Crippen LogP contribution < -0.4 is 0 Å². The fourth-order valence-corrected chi connectivity index (χ4v) is 2.97. The molecule has 1 saturated heterocycles. The highest BCUT2D eigenvalue weighted by Crippen LogP contribution is 2.17. The summed E-state index contributed by atoms with van der Waals surface area (Å²) in [7, 11) is 0. The van der Waals surface area contributed by atoms with Crippen LogP contribution in [0.25, 0.3) is 0 Å². The van der Waals surface area contributed by atoms with Gasteiger partial charge in [-0.25, -0.2) is 0 Å². The van der Waals surface area contributed by atoms with Gasteiger partial charge in [-0.05, 0) is 62.7 Å². The van der Waals surface area contributed by atoms with Gasteiger partial charge in [-0.3, -0.25) is 0 Å². The minimum atomic E-state index is 0.957. The highest BCUT2D eigenvalue weighted by atomic mass is 32.1. The van der Waals surface area contributed by atoms with E-state index in [-0.39, 0.29) is 0 Å². The number of nitrogens with zero attached hydrogens (tertiary/aromatic N) is 1. The molecule has 1 fully saturated rings. The maximum Gasteiger partial charge on any atom is 0.00457 e. The molecule has 0 atom stereocenters. The third kappa shape index (κ3) is 3.62. The molecule has 2 heterocycles. The molecule has 1 aromatic heterocycles. The van der Waals surface area contributed by atoms with Crippen LogP contribution in [0.15, 0.2) is 17.5 Å². The first-order chi connectivity index (χ1) is 7.34. The molecule has 0 bridgehead atoms. The lowest BCUT2D eigenvalue weighted by Gasteiger charge is -2.30. The second kappa shape index (κ2) is 5.66. The SMILES string of the molecule is CC1CCN(CCCc2cccs2)CC1. The van der Waals surface area contributed by atoms with Crippen LogP contribution in [0.3, 0.4) is 0 Å². The van der Waals surface area contributed by atoms with E-state index in [0.29, 0.717) is 0 Å².